The Morgan fingerprint density at radius 1 is 0.703 bits per heavy atom. The monoisotopic (exact) mass is 531 g/mol. The maximum Gasteiger partial charge on any atom is 0.123 e. The fourth-order valence-electron chi connectivity index (χ4n) is 6.31. The van der Waals surface area contributed by atoms with E-state index >= 15 is 0 Å². The Hall–Kier alpha value is -1.82. The second-order valence-electron chi connectivity index (χ2n) is 13.6. The Labute approximate surface area is 230 Å². The topological polar surface area (TPSA) is 37.8 Å². The molecule has 0 fully saturated rings. The van der Waals surface area contributed by atoms with Crippen molar-refractivity contribution in [2.24, 2.45) is 22.7 Å². The largest absolute Gasteiger partial charge is 0.307 e. The molecule has 0 aromatic carbocycles. The number of hydrogen-bond donors (Lipinski definition) is 1. The number of aryl methyl sites for hydroxylation is 2. The van der Waals surface area contributed by atoms with E-state index in [2.05, 4.69) is 71.1 Å². The van der Waals surface area contributed by atoms with Gasteiger partial charge in [-0.25, -0.2) is 9.97 Å². The molecule has 2 aliphatic carbocycles. The van der Waals surface area contributed by atoms with Crippen molar-refractivity contribution in [3.63, 3.8) is 0 Å². The molecule has 4 aromatic heterocycles. The van der Waals surface area contributed by atoms with Gasteiger partial charge in [-0.15, -0.1) is 22.7 Å². The summed E-state index contributed by atoms with van der Waals surface area (Å²) in [6.07, 6.45) is 7.12. The van der Waals surface area contributed by atoms with E-state index in [9.17, 15) is 0 Å². The minimum atomic E-state index is 0.368. The summed E-state index contributed by atoms with van der Waals surface area (Å²) in [6.45, 7) is 16.1. The predicted octanol–water partition coefficient (Wildman–Crippen LogP) is 8.50. The summed E-state index contributed by atoms with van der Waals surface area (Å²) < 4.78 is 0. The predicted molar refractivity (Wildman–Crippen MR) is 160 cm³/mol. The van der Waals surface area contributed by atoms with Crippen LogP contribution in [0.3, 0.4) is 0 Å². The minimum Gasteiger partial charge on any atom is -0.307 e. The molecule has 2 unspecified atom stereocenters. The van der Waals surface area contributed by atoms with E-state index < -0.39 is 0 Å². The average Bonchev–Trinajstić information content (AvgIpc) is 3.41. The molecular weight excluding hydrogens is 491 g/mol. The quantitative estimate of drug-likeness (QED) is 0.287. The maximum atomic E-state index is 5.09. The first-order valence-corrected chi connectivity index (χ1v) is 15.7. The maximum absolute atomic E-state index is 5.09. The SMILES string of the molecule is CC(C)(C)C1CCc2nc3sc(CNCc4cc5cc6c(nc5s4)CCC(C(C)(C)C)C6)cc3cc2C1. The van der Waals surface area contributed by atoms with Gasteiger partial charge in [0.1, 0.15) is 9.66 Å². The molecule has 5 heteroatoms. The number of nitrogens with zero attached hydrogens (tertiary/aromatic N) is 2. The fraction of sp³-hybridized carbons (Fsp3) is 0.562. The van der Waals surface area contributed by atoms with E-state index in [4.69, 9.17) is 9.97 Å². The molecule has 0 bridgehead atoms. The molecule has 0 saturated carbocycles. The second kappa shape index (κ2) is 9.43. The summed E-state index contributed by atoms with van der Waals surface area (Å²) in [7, 11) is 0. The molecular formula is C32H41N3S2. The summed E-state index contributed by atoms with van der Waals surface area (Å²) in [6, 6.07) is 9.57. The molecule has 0 aliphatic heterocycles. The Morgan fingerprint density at radius 3 is 1.54 bits per heavy atom. The third kappa shape index (κ3) is 5.24. The lowest BCUT2D eigenvalue weighted by molar-refractivity contribution is 0.215. The van der Waals surface area contributed by atoms with Gasteiger partial charge in [-0.1, -0.05) is 41.5 Å². The van der Waals surface area contributed by atoms with Crippen molar-refractivity contribution < 1.29 is 0 Å². The van der Waals surface area contributed by atoms with Gasteiger partial charge in [0.05, 0.1) is 0 Å². The summed E-state index contributed by atoms with van der Waals surface area (Å²) in [5, 5.41) is 6.34. The van der Waals surface area contributed by atoms with Crippen LogP contribution in [0.2, 0.25) is 0 Å². The third-order valence-corrected chi connectivity index (χ3v) is 11.0. The van der Waals surface area contributed by atoms with E-state index in [1.54, 1.807) is 0 Å². The molecule has 1 N–H and O–H groups in total. The van der Waals surface area contributed by atoms with Crippen LogP contribution in [0.1, 0.15) is 86.7 Å². The van der Waals surface area contributed by atoms with Crippen molar-refractivity contribution in [1.29, 1.82) is 0 Å². The smallest absolute Gasteiger partial charge is 0.123 e. The first-order valence-electron chi connectivity index (χ1n) is 14.1. The first-order chi connectivity index (χ1) is 17.5. The van der Waals surface area contributed by atoms with Crippen LogP contribution in [0.5, 0.6) is 0 Å². The van der Waals surface area contributed by atoms with Gasteiger partial charge in [-0.05, 0) is 96.6 Å². The van der Waals surface area contributed by atoms with Crippen LogP contribution in [-0.2, 0) is 38.8 Å². The standard InChI is InChI=1S/C32H41N3S2/c1-31(2,3)23-7-9-27-19(13-23)11-21-15-25(36-29(21)34-27)17-33-18-26-16-22-12-20-14-24(32(4,5)6)8-10-28(20)35-30(22)37-26/h11-12,15-16,23-24,33H,7-10,13-14,17-18H2,1-6H3. The van der Waals surface area contributed by atoms with Gasteiger partial charge in [0.15, 0.2) is 0 Å². The number of rotatable bonds is 4. The number of thiophene rings is 2. The van der Waals surface area contributed by atoms with Crippen LogP contribution in [0.4, 0.5) is 0 Å². The number of hydrogen-bond acceptors (Lipinski definition) is 5. The van der Waals surface area contributed by atoms with E-state index in [1.807, 2.05) is 22.7 Å². The highest BCUT2D eigenvalue weighted by molar-refractivity contribution is 7.19. The van der Waals surface area contributed by atoms with Crippen molar-refractivity contribution >= 4 is 43.1 Å². The summed E-state index contributed by atoms with van der Waals surface area (Å²) in [5.41, 5.74) is 6.36. The number of nitrogens with one attached hydrogen (secondary N) is 1. The van der Waals surface area contributed by atoms with E-state index in [0.717, 1.165) is 37.8 Å². The van der Waals surface area contributed by atoms with Gasteiger partial charge in [-0.2, -0.15) is 0 Å². The molecule has 0 amide bonds. The highest BCUT2D eigenvalue weighted by atomic mass is 32.1. The minimum absolute atomic E-state index is 0.368. The third-order valence-electron chi connectivity index (χ3n) is 8.90. The van der Waals surface area contributed by atoms with Crippen molar-refractivity contribution in [2.45, 2.75) is 93.2 Å². The zero-order valence-electron chi connectivity index (χ0n) is 23.3. The summed E-state index contributed by atoms with van der Waals surface area (Å²) in [4.78, 5) is 15.3. The van der Waals surface area contributed by atoms with Crippen LogP contribution in [0.25, 0.3) is 20.4 Å². The van der Waals surface area contributed by atoms with Crippen LogP contribution >= 0.6 is 22.7 Å². The first kappa shape index (κ1) is 25.5. The van der Waals surface area contributed by atoms with Crippen molar-refractivity contribution in [3.8, 4) is 0 Å². The van der Waals surface area contributed by atoms with Crippen LogP contribution < -0.4 is 5.32 Å². The second-order valence-corrected chi connectivity index (χ2v) is 15.8. The van der Waals surface area contributed by atoms with Gasteiger partial charge < -0.3 is 5.32 Å². The van der Waals surface area contributed by atoms with Crippen LogP contribution in [0.15, 0.2) is 24.3 Å². The Bertz CT molecular complexity index is 1340. The van der Waals surface area contributed by atoms with Crippen molar-refractivity contribution in [1.82, 2.24) is 15.3 Å². The van der Waals surface area contributed by atoms with Crippen LogP contribution in [0, 0.1) is 22.7 Å². The molecule has 0 saturated heterocycles. The Balaban J connectivity index is 1.12. The van der Waals surface area contributed by atoms with Crippen molar-refractivity contribution in [2.75, 3.05) is 0 Å². The van der Waals surface area contributed by atoms with Gasteiger partial charge in [-0.3, -0.25) is 0 Å². The normalized spacial score (nSPS) is 20.4. The fourth-order valence-corrected chi connectivity index (χ4v) is 8.31. The average molecular weight is 532 g/mol. The van der Waals surface area contributed by atoms with E-state index in [-0.39, 0.29) is 0 Å². The molecule has 3 nitrogen and oxygen atoms in total. The lowest BCUT2D eigenvalue weighted by atomic mass is 9.71. The molecule has 2 aliphatic rings. The Morgan fingerprint density at radius 2 is 1.14 bits per heavy atom. The lowest BCUT2D eigenvalue weighted by Gasteiger charge is -2.34. The van der Waals surface area contributed by atoms with Gasteiger partial charge in [0.2, 0.25) is 0 Å². The van der Waals surface area contributed by atoms with Gasteiger partial charge in [0.25, 0.3) is 0 Å². The number of pyridine rings is 2. The molecule has 0 spiro atoms. The van der Waals surface area contributed by atoms with E-state index in [1.165, 1.54) is 78.4 Å². The number of aromatic nitrogens is 2. The highest BCUT2D eigenvalue weighted by Crippen LogP contribution is 2.40. The summed E-state index contributed by atoms with van der Waals surface area (Å²) in [5.74, 6) is 1.50. The Kier molecular flexibility index (Phi) is 6.49. The molecule has 4 heterocycles. The zero-order valence-corrected chi connectivity index (χ0v) is 25.0. The molecule has 37 heavy (non-hydrogen) atoms. The molecule has 196 valence electrons. The van der Waals surface area contributed by atoms with Gasteiger partial charge in [0, 0.05) is 45.0 Å². The molecule has 4 aromatic rings. The van der Waals surface area contributed by atoms with Gasteiger partial charge >= 0.3 is 0 Å². The van der Waals surface area contributed by atoms with E-state index in [0.29, 0.717) is 10.8 Å². The molecule has 6 rings (SSSR count). The van der Waals surface area contributed by atoms with Crippen molar-refractivity contribution in [3.05, 3.63) is 56.5 Å². The number of fused-ring (bicyclic) bond motifs is 4. The zero-order chi connectivity index (χ0) is 25.9. The lowest BCUT2D eigenvalue weighted by Crippen LogP contribution is -2.27. The van der Waals surface area contributed by atoms with Crippen LogP contribution in [-0.4, -0.2) is 9.97 Å². The highest BCUT2D eigenvalue weighted by Gasteiger charge is 2.30. The molecule has 0 radical (unpaired) electrons. The summed E-state index contributed by atoms with van der Waals surface area (Å²) >= 11 is 3.71. The molecule has 2 atom stereocenters.